The van der Waals surface area contributed by atoms with E-state index in [4.69, 9.17) is 22.9 Å². The van der Waals surface area contributed by atoms with Crippen LogP contribution in [0.2, 0.25) is 0 Å². The minimum Gasteiger partial charge on any atom is -0.370 e. The lowest BCUT2D eigenvalue weighted by Crippen LogP contribution is -2.46. The number of halogens is 2. The molecule has 0 aromatic heterocycles. The highest BCUT2D eigenvalue weighted by Crippen LogP contribution is 2.32. The van der Waals surface area contributed by atoms with E-state index in [1.54, 1.807) is 29.3 Å². The minimum absolute atomic E-state index is 0. The van der Waals surface area contributed by atoms with Crippen LogP contribution in [0.5, 0.6) is 0 Å². The summed E-state index contributed by atoms with van der Waals surface area (Å²) in [5, 5.41) is 3.65. The van der Waals surface area contributed by atoms with Gasteiger partial charge in [-0.2, -0.15) is 0 Å². The van der Waals surface area contributed by atoms with Crippen molar-refractivity contribution in [3.05, 3.63) is 48.5 Å². The maximum absolute atomic E-state index is 12.6. The second-order valence-electron chi connectivity index (χ2n) is 6.39. The summed E-state index contributed by atoms with van der Waals surface area (Å²) < 4.78 is 0. The summed E-state index contributed by atoms with van der Waals surface area (Å²) in [5.74, 6) is 0.0603. The van der Waals surface area contributed by atoms with Gasteiger partial charge in [0.1, 0.15) is 0 Å². The summed E-state index contributed by atoms with van der Waals surface area (Å²) in [6, 6.07) is 14.7. The zero-order valence-electron chi connectivity index (χ0n) is 16.3. The van der Waals surface area contributed by atoms with Crippen molar-refractivity contribution in [3.63, 3.8) is 0 Å². The first-order valence-corrected chi connectivity index (χ1v) is 8.94. The molecule has 11 heteroatoms. The lowest BCUT2D eigenvalue weighted by molar-refractivity contribution is -0.133. The second-order valence-corrected chi connectivity index (χ2v) is 6.39. The van der Waals surface area contributed by atoms with Crippen molar-refractivity contribution in [2.45, 2.75) is 19.3 Å². The van der Waals surface area contributed by atoms with E-state index >= 15 is 0 Å². The van der Waals surface area contributed by atoms with Gasteiger partial charge in [0.25, 0.3) is 0 Å². The van der Waals surface area contributed by atoms with E-state index in [0.717, 1.165) is 24.2 Å². The first kappa shape index (κ1) is 24.9. The number of anilines is 2. The molecule has 2 aromatic rings. The molecule has 1 heterocycles. The number of nitrogens with zero attached hydrogens (tertiary/aromatic N) is 4. The van der Waals surface area contributed by atoms with Crippen LogP contribution in [0.4, 0.5) is 22.7 Å². The van der Waals surface area contributed by atoms with E-state index in [-0.39, 0.29) is 42.6 Å². The molecule has 162 valence electrons. The van der Waals surface area contributed by atoms with Crippen molar-refractivity contribution in [2.75, 3.05) is 11.6 Å². The zero-order valence-corrected chi connectivity index (χ0v) is 17.9. The number of nitrogens with two attached hydrogens (primary N) is 4. The fourth-order valence-electron chi connectivity index (χ4n) is 3.07. The standard InChI is InChI=1S/C19H24N8O.2ClH/c20-18(21)24-13-4-8-15(9-5-13)27(26-12-2-1-3-17(26)28)16-10-6-14(7-11-16)25-19(22)23;;/h4-11H,1-3,12H2,(H4,20,21,24)(H4,22,23,25);2*1H. The van der Waals surface area contributed by atoms with Gasteiger partial charge in [-0.3, -0.25) is 9.80 Å². The third-order valence-corrected chi connectivity index (χ3v) is 4.24. The highest BCUT2D eigenvalue weighted by atomic mass is 35.5. The number of carbonyl (C=O) groups is 1. The molecule has 1 amide bonds. The van der Waals surface area contributed by atoms with Crippen LogP contribution in [0.15, 0.2) is 58.5 Å². The molecule has 0 unspecified atom stereocenters. The molecule has 0 spiro atoms. The molecule has 3 rings (SSSR count). The van der Waals surface area contributed by atoms with Gasteiger partial charge in [-0.1, -0.05) is 0 Å². The quantitative estimate of drug-likeness (QED) is 0.403. The Morgan fingerprint density at radius 2 is 1.20 bits per heavy atom. The number of hydrogen-bond acceptors (Lipinski definition) is 4. The van der Waals surface area contributed by atoms with Gasteiger partial charge in [-0.05, 0) is 61.4 Å². The van der Waals surface area contributed by atoms with Gasteiger partial charge in [0, 0.05) is 13.0 Å². The monoisotopic (exact) mass is 452 g/mol. The number of carbonyl (C=O) groups excluding carboxylic acids is 1. The molecule has 0 radical (unpaired) electrons. The Hall–Kier alpha value is -3.17. The summed E-state index contributed by atoms with van der Waals surface area (Å²) in [6.45, 7) is 0.643. The lowest BCUT2D eigenvalue weighted by Gasteiger charge is -2.38. The number of aliphatic imine (C=N–C) groups is 2. The smallest absolute Gasteiger partial charge is 0.241 e. The van der Waals surface area contributed by atoms with Crippen LogP contribution >= 0.6 is 24.8 Å². The molecule has 30 heavy (non-hydrogen) atoms. The summed E-state index contributed by atoms with van der Waals surface area (Å²) >= 11 is 0. The fraction of sp³-hybridized carbons (Fsp3) is 0.211. The van der Waals surface area contributed by atoms with Crippen molar-refractivity contribution >= 4 is 65.4 Å². The number of rotatable bonds is 5. The molecule has 1 aliphatic heterocycles. The van der Waals surface area contributed by atoms with Crippen molar-refractivity contribution in [3.8, 4) is 0 Å². The predicted molar refractivity (Wildman–Crippen MR) is 126 cm³/mol. The minimum atomic E-state index is -0.00821. The molecule has 2 aromatic carbocycles. The molecule has 9 nitrogen and oxygen atoms in total. The lowest BCUT2D eigenvalue weighted by atomic mass is 10.1. The summed E-state index contributed by atoms with van der Waals surface area (Å²) in [6.07, 6.45) is 2.37. The van der Waals surface area contributed by atoms with Crippen molar-refractivity contribution in [1.82, 2.24) is 5.01 Å². The Kier molecular flexibility index (Phi) is 9.22. The highest BCUT2D eigenvalue weighted by molar-refractivity contribution is 5.86. The van der Waals surface area contributed by atoms with Crippen LogP contribution in [0, 0.1) is 0 Å². The number of guanidine groups is 2. The molecule has 1 aliphatic rings. The second kappa shape index (κ2) is 11.1. The number of amides is 1. The first-order valence-electron chi connectivity index (χ1n) is 8.94. The van der Waals surface area contributed by atoms with Crippen molar-refractivity contribution in [2.24, 2.45) is 32.9 Å². The molecule has 8 N–H and O–H groups in total. The largest absolute Gasteiger partial charge is 0.370 e. The summed E-state index contributed by atoms with van der Waals surface area (Å²) in [7, 11) is 0. The van der Waals surface area contributed by atoms with Crippen LogP contribution in [0.1, 0.15) is 19.3 Å². The Morgan fingerprint density at radius 1 is 0.767 bits per heavy atom. The van der Waals surface area contributed by atoms with Gasteiger partial charge in [0.05, 0.1) is 22.7 Å². The molecule has 0 bridgehead atoms. The van der Waals surface area contributed by atoms with E-state index in [1.807, 2.05) is 29.3 Å². The van der Waals surface area contributed by atoms with Crippen molar-refractivity contribution in [1.29, 1.82) is 0 Å². The molecular weight excluding hydrogens is 427 g/mol. The topological polar surface area (TPSA) is 152 Å². The third-order valence-electron chi connectivity index (χ3n) is 4.24. The molecular formula is C19H26Cl2N8O. The van der Waals surface area contributed by atoms with E-state index in [9.17, 15) is 4.79 Å². The van der Waals surface area contributed by atoms with Gasteiger partial charge in [0.2, 0.25) is 5.91 Å². The number of piperidine rings is 1. The zero-order chi connectivity index (χ0) is 20.1. The predicted octanol–water partition coefficient (Wildman–Crippen LogP) is 2.41. The van der Waals surface area contributed by atoms with E-state index < -0.39 is 0 Å². The highest BCUT2D eigenvalue weighted by Gasteiger charge is 2.26. The molecule has 0 saturated carbocycles. The van der Waals surface area contributed by atoms with Gasteiger partial charge < -0.3 is 22.9 Å². The first-order chi connectivity index (χ1) is 13.4. The SMILES string of the molecule is Cl.Cl.NC(N)=Nc1ccc(N(c2ccc(N=C(N)N)cc2)N2CCCCC2=O)cc1. The van der Waals surface area contributed by atoms with Crippen LogP contribution in [-0.2, 0) is 4.79 Å². The van der Waals surface area contributed by atoms with Gasteiger partial charge >= 0.3 is 0 Å². The van der Waals surface area contributed by atoms with Gasteiger partial charge in [0.15, 0.2) is 11.9 Å². The Labute approximate surface area is 187 Å². The normalized spacial score (nSPS) is 12.8. The molecule has 1 saturated heterocycles. The maximum Gasteiger partial charge on any atom is 0.241 e. The Bertz CT molecular complexity index is 830. The van der Waals surface area contributed by atoms with Crippen LogP contribution in [0.3, 0.4) is 0 Å². The maximum atomic E-state index is 12.6. The summed E-state index contributed by atoms with van der Waals surface area (Å²) in [5.41, 5.74) is 24.6. The van der Waals surface area contributed by atoms with Gasteiger partial charge in [-0.25, -0.2) is 15.0 Å². The molecule has 0 atom stereocenters. The van der Waals surface area contributed by atoms with E-state index in [0.29, 0.717) is 24.3 Å². The Balaban J connectivity index is 0.00000225. The van der Waals surface area contributed by atoms with E-state index in [1.165, 1.54) is 0 Å². The van der Waals surface area contributed by atoms with E-state index in [2.05, 4.69) is 9.98 Å². The van der Waals surface area contributed by atoms with Gasteiger partial charge in [-0.15, -0.1) is 24.8 Å². The fourth-order valence-corrected chi connectivity index (χ4v) is 3.07. The van der Waals surface area contributed by atoms with Crippen LogP contribution < -0.4 is 27.9 Å². The van der Waals surface area contributed by atoms with Crippen LogP contribution in [-0.4, -0.2) is 29.4 Å². The number of benzene rings is 2. The Morgan fingerprint density at radius 3 is 1.57 bits per heavy atom. The molecule has 1 fully saturated rings. The third kappa shape index (κ3) is 6.16. The summed E-state index contributed by atoms with van der Waals surface area (Å²) in [4.78, 5) is 20.6. The molecule has 0 aliphatic carbocycles. The number of hydrogen-bond donors (Lipinski definition) is 4. The van der Waals surface area contributed by atoms with Crippen LogP contribution in [0.25, 0.3) is 0 Å². The average Bonchev–Trinajstić information content (AvgIpc) is 2.65. The average molecular weight is 453 g/mol. The number of hydrazine groups is 1. The van der Waals surface area contributed by atoms with Crippen molar-refractivity contribution < 1.29 is 4.79 Å².